The lowest BCUT2D eigenvalue weighted by atomic mass is 10.1. The molecule has 1 saturated heterocycles. The second-order valence-electron chi connectivity index (χ2n) is 3.71. The van der Waals surface area contributed by atoms with Crippen molar-refractivity contribution in [3.63, 3.8) is 0 Å². The van der Waals surface area contributed by atoms with Crippen LogP contribution in [0.1, 0.15) is 25.7 Å². The Labute approximate surface area is 89.0 Å². The first-order valence-corrected chi connectivity index (χ1v) is 5.18. The van der Waals surface area contributed by atoms with Gasteiger partial charge in [0.15, 0.2) is 0 Å². The summed E-state index contributed by atoms with van der Waals surface area (Å²) in [6.45, 7) is 1.44. The molecule has 0 unspecified atom stereocenters. The lowest BCUT2D eigenvalue weighted by Crippen LogP contribution is -2.43. The maximum Gasteiger partial charge on any atom is 0.306 e. The molecule has 15 heavy (non-hydrogen) atoms. The summed E-state index contributed by atoms with van der Waals surface area (Å²) < 4.78 is 4.90. The Hall–Kier alpha value is -1.10. The van der Waals surface area contributed by atoms with Crippen molar-refractivity contribution in [2.75, 3.05) is 20.2 Å². The van der Waals surface area contributed by atoms with E-state index >= 15 is 0 Å². The van der Waals surface area contributed by atoms with Crippen LogP contribution in [0.3, 0.4) is 0 Å². The number of aliphatic carboxylic acids is 1. The molecule has 0 bridgehead atoms. The average molecular weight is 215 g/mol. The summed E-state index contributed by atoms with van der Waals surface area (Å²) in [4.78, 5) is 24.0. The fourth-order valence-electron chi connectivity index (χ4n) is 1.75. The van der Waals surface area contributed by atoms with Crippen LogP contribution < -0.4 is 0 Å². The van der Waals surface area contributed by atoms with Crippen molar-refractivity contribution in [1.82, 2.24) is 4.90 Å². The number of amides is 1. The fraction of sp³-hybridized carbons (Fsp3) is 0.800. The predicted octanol–water partition coefficient (Wildman–Crippen LogP) is 0.489. The number of nitrogens with zero attached hydrogens (tertiary/aromatic N) is 1. The average Bonchev–Trinajstić information content (AvgIpc) is 2.26. The molecule has 1 rings (SSSR count). The standard InChI is InChI=1S/C10H17NO4/c1-15-8(7-9(12)13)10(14)11-5-3-2-4-6-11/h8H,2-7H2,1H3,(H,12,13)/t8-/m0/s1. The number of carbonyl (C=O) groups excluding carboxylic acids is 1. The van der Waals surface area contributed by atoms with E-state index < -0.39 is 12.1 Å². The van der Waals surface area contributed by atoms with Gasteiger partial charge < -0.3 is 14.7 Å². The number of likely N-dealkylation sites (tertiary alicyclic amines) is 1. The maximum absolute atomic E-state index is 11.8. The Balaban J connectivity index is 2.50. The van der Waals surface area contributed by atoms with Gasteiger partial charge in [0, 0.05) is 20.2 Å². The molecule has 1 atom stereocenters. The van der Waals surface area contributed by atoms with Crippen LogP contribution in [0.25, 0.3) is 0 Å². The summed E-state index contributed by atoms with van der Waals surface area (Å²) in [7, 11) is 1.37. The molecular weight excluding hydrogens is 198 g/mol. The number of hydrogen-bond acceptors (Lipinski definition) is 3. The van der Waals surface area contributed by atoms with Crippen LogP contribution in [0.5, 0.6) is 0 Å². The van der Waals surface area contributed by atoms with E-state index in [4.69, 9.17) is 9.84 Å². The summed E-state index contributed by atoms with van der Waals surface area (Å²) in [5, 5.41) is 8.61. The van der Waals surface area contributed by atoms with Gasteiger partial charge in [-0.2, -0.15) is 0 Å². The topological polar surface area (TPSA) is 66.8 Å². The highest BCUT2D eigenvalue weighted by atomic mass is 16.5. The summed E-state index contributed by atoms with van der Waals surface area (Å²) in [6.07, 6.45) is 2.04. The van der Waals surface area contributed by atoms with Crippen LogP contribution in [0.15, 0.2) is 0 Å². The molecule has 86 valence electrons. The van der Waals surface area contributed by atoms with Crippen molar-refractivity contribution in [2.24, 2.45) is 0 Å². The lowest BCUT2D eigenvalue weighted by Gasteiger charge is -2.29. The zero-order valence-electron chi connectivity index (χ0n) is 8.94. The highest BCUT2D eigenvalue weighted by Gasteiger charge is 2.27. The third-order valence-corrected chi connectivity index (χ3v) is 2.59. The highest BCUT2D eigenvalue weighted by Crippen LogP contribution is 2.12. The van der Waals surface area contributed by atoms with Crippen molar-refractivity contribution >= 4 is 11.9 Å². The molecule has 0 radical (unpaired) electrons. The Morgan fingerprint density at radius 3 is 2.40 bits per heavy atom. The van der Waals surface area contributed by atoms with Gasteiger partial charge in [-0.3, -0.25) is 9.59 Å². The SMILES string of the molecule is CO[C@@H](CC(=O)O)C(=O)N1CCCCC1. The minimum absolute atomic E-state index is 0.195. The first-order valence-electron chi connectivity index (χ1n) is 5.18. The number of hydrogen-bond donors (Lipinski definition) is 1. The number of carboxylic acid groups (broad SMARTS) is 1. The highest BCUT2D eigenvalue weighted by molar-refractivity contribution is 5.85. The van der Waals surface area contributed by atoms with Gasteiger partial charge in [0.2, 0.25) is 0 Å². The molecule has 1 amide bonds. The Morgan fingerprint density at radius 1 is 1.33 bits per heavy atom. The molecular formula is C10H17NO4. The summed E-state index contributed by atoms with van der Waals surface area (Å²) >= 11 is 0. The first kappa shape index (κ1) is 12.0. The lowest BCUT2D eigenvalue weighted by molar-refractivity contribution is -0.151. The molecule has 0 saturated carbocycles. The van der Waals surface area contributed by atoms with Crippen LogP contribution in [0, 0.1) is 0 Å². The van der Waals surface area contributed by atoms with Crippen molar-refractivity contribution in [2.45, 2.75) is 31.8 Å². The summed E-state index contributed by atoms with van der Waals surface area (Å²) in [5.41, 5.74) is 0. The number of carboxylic acids is 1. The molecule has 1 heterocycles. The maximum atomic E-state index is 11.8. The predicted molar refractivity (Wildman–Crippen MR) is 53.5 cm³/mol. The van der Waals surface area contributed by atoms with Gasteiger partial charge in [0.05, 0.1) is 6.42 Å². The first-order chi connectivity index (χ1) is 7.15. The van der Waals surface area contributed by atoms with E-state index in [1.807, 2.05) is 0 Å². The molecule has 0 aliphatic carbocycles. The molecule has 1 aliphatic rings. The van der Waals surface area contributed by atoms with Crippen LogP contribution >= 0.6 is 0 Å². The van der Waals surface area contributed by atoms with E-state index in [2.05, 4.69) is 0 Å². The third kappa shape index (κ3) is 3.51. The Morgan fingerprint density at radius 2 is 1.93 bits per heavy atom. The molecule has 0 aromatic rings. The van der Waals surface area contributed by atoms with E-state index in [-0.39, 0.29) is 12.3 Å². The van der Waals surface area contributed by atoms with E-state index in [0.29, 0.717) is 0 Å². The van der Waals surface area contributed by atoms with E-state index in [1.165, 1.54) is 7.11 Å². The molecule has 0 aromatic carbocycles. The Bertz CT molecular complexity index is 236. The van der Waals surface area contributed by atoms with Gasteiger partial charge in [-0.25, -0.2) is 0 Å². The fourth-order valence-corrected chi connectivity index (χ4v) is 1.75. The van der Waals surface area contributed by atoms with Crippen LogP contribution in [0.2, 0.25) is 0 Å². The van der Waals surface area contributed by atoms with Crippen molar-refractivity contribution in [1.29, 1.82) is 0 Å². The van der Waals surface area contributed by atoms with Gasteiger partial charge in [-0.1, -0.05) is 0 Å². The number of rotatable bonds is 4. The number of piperidine rings is 1. The zero-order valence-corrected chi connectivity index (χ0v) is 8.94. The smallest absolute Gasteiger partial charge is 0.306 e. The summed E-state index contributed by atoms with van der Waals surface area (Å²) in [5.74, 6) is -1.20. The second kappa shape index (κ2) is 5.70. The van der Waals surface area contributed by atoms with E-state index in [9.17, 15) is 9.59 Å². The van der Waals surface area contributed by atoms with E-state index in [1.54, 1.807) is 4.90 Å². The van der Waals surface area contributed by atoms with Crippen LogP contribution in [0.4, 0.5) is 0 Å². The largest absolute Gasteiger partial charge is 0.481 e. The van der Waals surface area contributed by atoms with Gasteiger partial charge >= 0.3 is 5.97 Å². The molecule has 5 heteroatoms. The molecule has 0 aromatic heterocycles. The van der Waals surface area contributed by atoms with Gasteiger partial charge in [0.1, 0.15) is 6.10 Å². The van der Waals surface area contributed by atoms with Crippen LogP contribution in [-0.4, -0.2) is 48.2 Å². The van der Waals surface area contributed by atoms with Crippen LogP contribution in [-0.2, 0) is 14.3 Å². The number of carbonyl (C=O) groups is 2. The molecule has 1 fully saturated rings. The Kier molecular flexibility index (Phi) is 4.55. The number of methoxy groups -OCH3 is 1. The summed E-state index contributed by atoms with van der Waals surface area (Å²) in [6, 6.07) is 0. The molecule has 1 aliphatic heterocycles. The molecule has 1 N–H and O–H groups in total. The van der Waals surface area contributed by atoms with Crippen molar-refractivity contribution < 1.29 is 19.4 Å². The quantitative estimate of drug-likeness (QED) is 0.741. The second-order valence-corrected chi connectivity index (χ2v) is 3.71. The van der Waals surface area contributed by atoms with E-state index in [0.717, 1.165) is 32.4 Å². The number of ether oxygens (including phenoxy) is 1. The van der Waals surface area contributed by atoms with Gasteiger partial charge in [-0.15, -0.1) is 0 Å². The van der Waals surface area contributed by atoms with Gasteiger partial charge in [0.25, 0.3) is 5.91 Å². The van der Waals surface area contributed by atoms with Crippen molar-refractivity contribution in [3.8, 4) is 0 Å². The monoisotopic (exact) mass is 215 g/mol. The van der Waals surface area contributed by atoms with Gasteiger partial charge in [-0.05, 0) is 19.3 Å². The third-order valence-electron chi connectivity index (χ3n) is 2.59. The minimum atomic E-state index is -1.01. The molecule has 5 nitrogen and oxygen atoms in total. The minimum Gasteiger partial charge on any atom is -0.481 e. The zero-order chi connectivity index (χ0) is 11.3. The normalized spacial score (nSPS) is 18.6. The molecule has 0 spiro atoms. The van der Waals surface area contributed by atoms with Crippen molar-refractivity contribution in [3.05, 3.63) is 0 Å².